The highest BCUT2D eigenvalue weighted by Gasteiger charge is 2.04. The van der Waals surface area contributed by atoms with Gasteiger partial charge in [0.25, 0.3) is 0 Å². The van der Waals surface area contributed by atoms with Crippen molar-refractivity contribution in [3.63, 3.8) is 0 Å². The number of hydrazone groups is 1. The van der Waals surface area contributed by atoms with E-state index in [1.165, 1.54) is 0 Å². The van der Waals surface area contributed by atoms with Crippen molar-refractivity contribution in [2.45, 2.75) is 6.92 Å². The molecule has 6 heteroatoms. The molecule has 106 valence electrons. The van der Waals surface area contributed by atoms with Crippen LogP contribution in [0.2, 0.25) is 0 Å². The summed E-state index contributed by atoms with van der Waals surface area (Å²) in [5.41, 5.74) is 3.56. The van der Waals surface area contributed by atoms with E-state index in [1.807, 2.05) is 13.0 Å². The number of benzene rings is 1. The molecule has 1 rings (SSSR count). The molecule has 0 bridgehead atoms. The van der Waals surface area contributed by atoms with Crippen LogP contribution in [0.15, 0.2) is 23.3 Å². The number of rotatable bonds is 6. The summed E-state index contributed by atoms with van der Waals surface area (Å²) >= 11 is 4.99. The predicted molar refractivity (Wildman–Crippen MR) is 84.3 cm³/mol. The van der Waals surface area contributed by atoms with Crippen molar-refractivity contribution in [1.82, 2.24) is 10.7 Å². The Morgan fingerprint density at radius 3 is 2.95 bits per heavy atom. The van der Waals surface area contributed by atoms with Crippen LogP contribution in [0.1, 0.15) is 12.5 Å². The number of nitrogens with zero attached hydrogens (tertiary/aromatic N) is 1. The van der Waals surface area contributed by atoms with Gasteiger partial charge < -0.3 is 14.8 Å². The molecule has 5 nitrogen and oxygen atoms in total. The quantitative estimate of drug-likeness (QED) is 0.360. The average molecular weight is 291 g/mol. The average Bonchev–Trinajstić information content (AvgIpc) is 2.46. The summed E-state index contributed by atoms with van der Waals surface area (Å²) in [7, 11) is 1.57. The minimum Gasteiger partial charge on any atom is -0.493 e. The van der Waals surface area contributed by atoms with E-state index in [4.69, 9.17) is 28.1 Å². The number of methoxy groups -OCH3 is 1. The fourth-order valence-corrected chi connectivity index (χ4v) is 1.57. The van der Waals surface area contributed by atoms with Crippen LogP contribution in [0.5, 0.6) is 11.5 Å². The zero-order valence-corrected chi connectivity index (χ0v) is 12.3. The standard InChI is InChI=1S/C14H17N3O2S/c1-4-8-19-12-7-6-11(9-13(12)18-3)10-16-17-14(20)15-5-2/h1,6-7,9-10H,5,8H2,2-3H3,(H2,15,17,20)/b16-10-. The van der Waals surface area contributed by atoms with Gasteiger partial charge in [0.2, 0.25) is 0 Å². The molecule has 0 aliphatic carbocycles. The molecule has 0 aliphatic heterocycles. The number of thiocarbonyl (C=S) groups is 1. The molecular weight excluding hydrogens is 274 g/mol. The Bertz CT molecular complexity index is 524. The van der Waals surface area contributed by atoms with E-state index < -0.39 is 0 Å². The third kappa shape index (κ3) is 5.16. The molecule has 1 aromatic rings. The van der Waals surface area contributed by atoms with Gasteiger partial charge in [-0.05, 0) is 42.9 Å². The number of hydrogen-bond acceptors (Lipinski definition) is 4. The lowest BCUT2D eigenvalue weighted by Gasteiger charge is -2.09. The highest BCUT2D eigenvalue weighted by atomic mass is 32.1. The Kier molecular flexibility index (Phi) is 6.93. The van der Waals surface area contributed by atoms with Crippen LogP contribution in [0.4, 0.5) is 0 Å². The lowest BCUT2D eigenvalue weighted by atomic mass is 10.2. The normalized spacial score (nSPS) is 9.85. The van der Waals surface area contributed by atoms with Crippen molar-refractivity contribution in [3.8, 4) is 23.8 Å². The molecule has 0 aliphatic rings. The summed E-state index contributed by atoms with van der Waals surface area (Å²) in [5.74, 6) is 3.60. The first-order valence-corrected chi connectivity index (χ1v) is 6.43. The fourth-order valence-electron chi connectivity index (χ4n) is 1.37. The lowest BCUT2D eigenvalue weighted by molar-refractivity contribution is 0.331. The molecule has 0 spiro atoms. The van der Waals surface area contributed by atoms with Crippen molar-refractivity contribution in [1.29, 1.82) is 0 Å². The van der Waals surface area contributed by atoms with Crippen LogP contribution < -0.4 is 20.2 Å². The summed E-state index contributed by atoms with van der Waals surface area (Å²) in [6, 6.07) is 5.42. The van der Waals surface area contributed by atoms with Gasteiger partial charge in [0.15, 0.2) is 16.6 Å². The van der Waals surface area contributed by atoms with E-state index in [9.17, 15) is 0 Å². The molecule has 0 unspecified atom stereocenters. The van der Waals surface area contributed by atoms with Gasteiger partial charge in [-0.3, -0.25) is 5.43 Å². The summed E-state index contributed by atoms with van der Waals surface area (Å²) in [6.07, 6.45) is 6.79. The second-order valence-corrected chi connectivity index (χ2v) is 4.04. The molecule has 0 saturated carbocycles. The Morgan fingerprint density at radius 2 is 2.30 bits per heavy atom. The van der Waals surface area contributed by atoms with E-state index in [0.717, 1.165) is 12.1 Å². The first kappa shape index (κ1) is 15.8. The zero-order chi connectivity index (χ0) is 14.8. The first-order valence-electron chi connectivity index (χ1n) is 6.02. The van der Waals surface area contributed by atoms with Crippen molar-refractivity contribution in [3.05, 3.63) is 23.8 Å². The summed E-state index contributed by atoms with van der Waals surface area (Å²) in [6.45, 7) is 2.90. The predicted octanol–water partition coefficient (Wildman–Crippen LogP) is 1.53. The van der Waals surface area contributed by atoms with Crippen LogP contribution in [0, 0.1) is 12.3 Å². The SMILES string of the molecule is C#CCOc1ccc(/C=N\NC(=S)NCC)cc1OC. The summed E-state index contributed by atoms with van der Waals surface area (Å²) < 4.78 is 10.6. The smallest absolute Gasteiger partial charge is 0.186 e. The largest absolute Gasteiger partial charge is 0.493 e. The highest BCUT2D eigenvalue weighted by Crippen LogP contribution is 2.27. The van der Waals surface area contributed by atoms with E-state index in [1.54, 1.807) is 25.5 Å². The van der Waals surface area contributed by atoms with E-state index >= 15 is 0 Å². The maximum Gasteiger partial charge on any atom is 0.186 e. The molecule has 0 saturated heterocycles. The topological polar surface area (TPSA) is 54.9 Å². The molecule has 0 fully saturated rings. The van der Waals surface area contributed by atoms with Gasteiger partial charge in [-0.25, -0.2) is 0 Å². The number of hydrogen-bond donors (Lipinski definition) is 2. The number of terminal acetylenes is 1. The molecule has 0 radical (unpaired) electrons. The van der Waals surface area contributed by atoms with Gasteiger partial charge in [0.05, 0.1) is 13.3 Å². The molecule has 0 heterocycles. The van der Waals surface area contributed by atoms with Crippen LogP contribution >= 0.6 is 12.2 Å². The van der Waals surface area contributed by atoms with Crippen molar-refractivity contribution in [2.75, 3.05) is 20.3 Å². The minimum atomic E-state index is 0.197. The second kappa shape index (κ2) is 8.77. The maximum absolute atomic E-state index is 5.35. The van der Waals surface area contributed by atoms with Crippen LogP contribution in [-0.4, -0.2) is 31.6 Å². The van der Waals surface area contributed by atoms with Gasteiger partial charge >= 0.3 is 0 Å². The third-order valence-electron chi connectivity index (χ3n) is 2.22. The van der Waals surface area contributed by atoms with Gasteiger partial charge in [-0.2, -0.15) is 5.10 Å². The summed E-state index contributed by atoms with van der Waals surface area (Å²) in [4.78, 5) is 0. The van der Waals surface area contributed by atoms with Crippen molar-refractivity contribution >= 4 is 23.5 Å². The maximum atomic E-state index is 5.35. The van der Waals surface area contributed by atoms with Gasteiger partial charge in [0.1, 0.15) is 6.61 Å². The minimum absolute atomic E-state index is 0.197. The summed E-state index contributed by atoms with van der Waals surface area (Å²) in [5, 5.41) is 7.43. The molecule has 0 atom stereocenters. The monoisotopic (exact) mass is 291 g/mol. The van der Waals surface area contributed by atoms with E-state index in [2.05, 4.69) is 21.8 Å². The van der Waals surface area contributed by atoms with E-state index in [0.29, 0.717) is 16.6 Å². The molecule has 0 amide bonds. The Labute approximate surface area is 124 Å². The molecule has 2 N–H and O–H groups in total. The van der Waals surface area contributed by atoms with Crippen molar-refractivity contribution in [2.24, 2.45) is 5.10 Å². The Balaban J connectivity index is 2.70. The first-order chi connectivity index (χ1) is 9.71. The van der Waals surface area contributed by atoms with Gasteiger partial charge in [-0.15, -0.1) is 6.42 Å². The third-order valence-corrected chi connectivity index (χ3v) is 2.45. The number of ether oxygens (including phenoxy) is 2. The van der Waals surface area contributed by atoms with Crippen LogP contribution in [-0.2, 0) is 0 Å². The molecular formula is C14H17N3O2S. The second-order valence-electron chi connectivity index (χ2n) is 3.63. The van der Waals surface area contributed by atoms with Gasteiger partial charge in [-0.1, -0.05) is 5.92 Å². The Morgan fingerprint density at radius 1 is 1.50 bits per heavy atom. The highest BCUT2D eigenvalue weighted by molar-refractivity contribution is 7.80. The number of nitrogens with one attached hydrogen (secondary N) is 2. The molecule has 1 aromatic carbocycles. The van der Waals surface area contributed by atoms with Crippen LogP contribution in [0.25, 0.3) is 0 Å². The zero-order valence-electron chi connectivity index (χ0n) is 11.5. The van der Waals surface area contributed by atoms with E-state index in [-0.39, 0.29) is 6.61 Å². The lowest BCUT2D eigenvalue weighted by Crippen LogP contribution is -2.31. The Hall–Kier alpha value is -2.26. The fraction of sp³-hybridized carbons (Fsp3) is 0.286. The molecule has 0 aromatic heterocycles. The molecule has 20 heavy (non-hydrogen) atoms. The van der Waals surface area contributed by atoms with Crippen molar-refractivity contribution < 1.29 is 9.47 Å². The van der Waals surface area contributed by atoms with Gasteiger partial charge in [0, 0.05) is 6.54 Å². The van der Waals surface area contributed by atoms with Crippen LogP contribution in [0.3, 0.4) is 0 Å².